The summed E-state index contributed by atoms with van der Waals surface area (Å²) in [6, 6.07) is 8.28. The fourth-order valence-corrected chi connectivity index (χ4v) is 4.59. The quantitative estimate of drug-likeness (QED) is 0.436. The Hall–Kier alpha value is -2.56. The second-order valence-electron chi connectivity index (χ2n) is 5.42. The predicted octanol–water partition coefficient (Wildman–Crippen LogP) is 3.31. The van der Waals surface area contributed by atoms with Gasteiger partial charge in [0.1, 0.15) is 15.8 Å². The third-order valence-corrected chi connectivity index (χ3v) is 6.65. The zero-order valence-electron chi connectivity index (χ0n) is 14.3. The average molecular weight is 408 g/mol. The van der Waals surface area contributed by atoms with Gasteiger partial charge in [-0.3, -0.25) is 0 Å². The fraction of sp³-hybridized carbons (Fsp3) is 0.176. The van der Waals surface area contributed by atoms with Crippen LogP contribution in [0.2, 0.25) is 0 Å². The molecule has 2 aromatic heterocycles. The Labute approximate surface area is 160 Å². The number of ether oxygens (including phenoxy) is 1. The minimum absolute atomic E-state index is 0.0173. The summed E-state index contributed by atoms with van der Waals surface area (Å²) in [5, 5.41) is 6.51. The van der Waals surface area contributed by atoms with Crippen molar-refractivity contribution in [3.63, 3.8) is 0 Å². The molecule has 10 heteroatoms. The molecule has 0 saturated carbocycles. The zero-order chi connectivity index (χ0) is 19.3. The zero-order valence-corrected chi connectivity index (χ0v) is 16.0. The number of rotatable bonds is 8. The molecule has 2 heterocycles. The van der Waals surface area contributed by atoms with E-state index in [2.05, 4.69) is 20.6 Å². The molecule has 1 aromatic carbocycles. The molecule has 0 saturated heterocycles. The van der Waals surface area contributed by atoms with Crippen LogP contribution in [0.1, 0.15) is 0 Å². The molecule has 0 fully saturated rings. The van der Waals surface area contributed by atoms with E-state index in [1.807, 2.05) is 6.07 Å². The van der Waals surface area contributed by atoms with Gasteiger partial charge in [0, 0.05) is 13.7 Å². The molecule has 0 aliphatic carbocycles. The van der Waals surface area contributed by atoms with E-state index in [-0.39, 0.29) is 9.10 Å². The molecule has 0 bridgehead atoms. The maximum atomic E-state index is 13.0. The van der Waals surface area contributed by atoms with E-state index < -0.39 is 15.7 Å². The molecule has 2 N–H and O–H groups in total. The number of anilines is 3. The summed E-state index contributed by atoms with van der Waals surface area (Å²) in [6.45, 7) is 1.26. The van der Waals surface area contributed by atoms with Gasteiger partial charge in [0.05, 0.1) is 29.6 Å². The van der Waals surface area contributed by atoms with Crippen LogP contribution >= 0.6 is 11.3 Å². The first-order valence-corrected chi connectivity index (χ1v) is 10.2. The van der Waals surface area contributed by atoms with Crippen molar-refractivity contribution >= 4 is 37.8 Å². The van der Waals surface area contributed by atoms with Gasteiger partial charge in [-0.2, -0.15) is 0 Å². The lowest BCUT2D eigenvalue weighted by atomic mass is 10.4. The third kappa shape index (κ3) is 4.79. The van der Waals surface area contributed by atoms with Crippen molar-refractivity contribution in [2.24, 2.45) is 0 Å². The van der Waals surface area contributed by atoms with E-state index >= 15 is 0 Å². The molecule has 0 spiro atoms. The molecule has 0 atom stereocenters. The highest BCUT2D eigenvalue weighted by atomic mass is 32.2. The number of nitrogens with one attached hydrogen (secondary N) is 2. The van der Waals surface area contributed by atoms with Crippen molar-refractivity contribution in [1.82, 2.24) is 9.97 Å². The van der Waals surface area contributed by atoms with Crippen LogP contribution in [0.3, 0.4) is 0 Å². The van der Waals surface area contributed by atoms with Crippen LogP contribution in [0.4, 0.5) is 21.0 Å². The first-order chi connectivity index (χ1) is 13.0. The first-order valence-electron chi connectivity index (χ1n) is 7.91. The van der Waals surface area contributed by atoms with Crippen molar-refractivity contribution in [3.05, 3.63) is 54.6 Å². The molecule has 0 unspecified atom stereocenters. The van der Waals surface area contributed by atoms with Gasteiger partial charge >= 0.3 is 0 Å². The van der Waals surface area contributed by atoms with Gasteiger partial charge in [-0.15, -0.1) is 0 Å². The van der Waals surface area contributed by atoms with Gasteiger partial charge in [0.15, 0.2) is 5.13 Å². The number of halogens is 1. The van der Waals surface area contributed by atoms with E-state index in [1.165, 1.54) is 18.3 Å². The van der Waals surface area contributed by atoms with Gasteiger partial charge in [-0.25, -0.2) is 22.8 Å². The van der Waals surface area contributed by atoms with Gasteiger partial charge in [-0.1, -0.05) is 11.3 Å². The summed E-state index contributed by atoms with van der Waals surface area (Å²) in [7, 11) is -2.11. The Bertz CT molecular complexity index is 990. The van der Waals surface area contributed by atoms with Gasteiger partial charge < -0.3 is 15.4 Å². The summed E-state index contributed by atoms with van der Waals surface area (Å²) < 4.78 is 43.2. The first kappa shape index (κ1) is 19.2. The van der Waals surface area contributed by atoms with E-state index in [0.29, 0.717) is 24.1 Å². The summed E-state index contributed by atoms with van der Waals surface area (Å²) in [4.78, 5) is 8.36. The Balaban J connectivity index is 1.69. The summed E-state index contributed by atoms with van der Waals surface area (Å²) in [6.07, 6.45) is 2.92. The average Bonchev–Trinajstić information content (AvgIpc) is 3.13. The van der Waals surface area contributed by atoms with Gasteiger partial charge in [0.2, 0.25) is 9.84 Å². The van der Waals surface area contributed by atoms with Crippen LogP contribution in [0.15, 0.2) is 57.9 Å². The highest BCUT2D eigenvalue weighted by molar-refractivity contribution is 7.93. The molecule has 142 valence electrons. The number of sulfone groups is 1. The standard InChI is InChI=1S/C17H17FN4O3S2/c1-25-9-8-19-13-4-7-15(20-10-13)22-17-21-11-16(26-17)27(23,24)14-5-2-12(18)3-6-14/h2-7,10-11,19H,8-9H2,1H3,(H,20,21,22). The largest absolute Gasteiger partial charge is 0.383 e. The molecule has 3 rings (SSSR count). The van der Waals surface area contributed by atoms with E-state index in [1.54, 1.807) is 19.4 Å². The monoisotopic (exact) mass is 408 g/mol. The fourth-order valence-electron chi connectivity index (χ4n) is 2.15. The summed E-state index contributed by atoms with van der Waals surface area (Å²) in [5.41, 5.74) is 0.844. The highest BCUT2D eigenvalue weighted by Crippen LogP contribution is 2.30. The molecular weight excluding hydrogens is 391 g/mol. The van der Waals surface area contributed by atoms with Crippen molar-refractivity contribution in [3.8, 4) is 0 Å². The number of benzene rings is 1. The number of hydrogen-bond donors (Lipinski definition) is 2. The van der Waals surface area contributed by atoms with Crippen LogP contribution in [-0.4, -0.2) is 38.6 Å². The van der Waals surface area contributed by atoms with Gasteiger partial charge in [-0.05, 0) is 36.4 Å². The highest BCUT2D eigenvalue weighted by Gasteiger charge is 2.21. The topological polar surface area (TPSA) is 93.2 Å². The SMILES string of the molecule is COCCNc1ccc(Nc2ncc(S(=O)(=O)c3ccc(F)cc3)s2)nc1. The lowest BCUT2D eigenvalue weighted by Crippen LogP contribution is -2.07. The Morgan fingerprint density at radius 1 is 1.11 bits per heavy atom. The van der Waals surface area contributed by atoms with Crippen LogP contribution in [0.5, 0.6) is 0 Å². The van der Waals surface area contributed by atoms with E-state index in [0.717, 1.165) is 29.2 Å². The normalized spacial score (nSPS) is 11.3. The van der Waals surface area contributed by atoms with Crippen molar-refractivity contribution in [2.75, 3.05) is 30.9 Å². The van der Waals surface area contributed by atoms with Crippen molar-refractivity contribution < 1.29 is 17.5 Å². The Kier molecular flexibility index (Phi) is 5.99. The number of nitrogens with zero attached hydrogens (tertiary/aromatic N) is 2. The number of pyridine rings is 1. The number of aromatic nitrogens is 2. The second kappa shape index (κ2) is 8.42. The Morgan fingerprint density at radius 3 is 2.56 bits per heavy atom. The molecule has 0 aliphatic rings. The number of thiazole rings is 1. The molecule has 27 heavy (non-hydrogen) atoms. The van der Waals surface area contributed by atoms with Gasteiger partial charge in [0.25, 0.3) is 0 Å². The minimum atomic E-state index is -3.74. The number of methoxy groups -OCH3 is 1. The van der Waals surface area contributed by atoms with Crippen LogP contribution in [0, 0.1) is 5.82 Å². The predicted molar refractivity (Wildman–Crippen MR) is 102 cm³/mol. The molecule has 0 amide bonds. The Morgan fingerprint density at radius 2 is 1.89 bits per heavy atom. The number of hydrogen-bond acceptors (Lipinski definition) is 8. The molecular formula is C17H17FN4O3S2. The van der Waals surface area contributed by atoms with E-state index in [9.17, 15) is 12.8 Å². The van der Waals surface area contributed by atoms with Crippen LogP contribution in [0.25, 0.3) is 0 Å². The lowest BCUT2D eigenvalue weighted by molar-refractivity contribution is 0.211. The van der Waals surface area contributed by atoms with Crippen LogP contribution in [-0.2, 0) is 14.6 Å². The summed E-state index contributed by atoms with van der Waals surface area (Å²) in [5.74, 6) is 0.0409. The third-order valence-electron chi connectivity index (χ3n) is 3.51. The summed E-state index contributed by atoms with van der Waals surface area (Å²) >= 11 is 0.979. The lowest BCUT2D eigenvalue weighted by Gasteiger charge is -2.06. The van der Waals surface area contributed by atoms with Crippen LogP contribution < -0.4 is 10.6 Å². The molecule has 0 aliphatic heterocycles. The van der Waals surface area contributed by atoms with Crippen molar-refractivity contribution in [2.45, 2.75) is 9.10 Å². The smallest absolute Gasteiger partial charge is 0.217 e. The maximum Gasteiger partial charge on any atom is 0.217 e. The molecule has 7 nitrogen and oxygen atoms in total. The second-order valence-corrected chi connectivity index (χ2v) is 8.63. The van der Waals surface area contributed by atoms with Crippen molar-refractivity contribution in [1.29, 1.82) is 0 Å². The molecule has 0 radical (unpaired) electrons. The minimum Gasteiger partial charge on any atom is -0.383 e. The maximum absolute atomic E-state index is 13.0. The van der Waals surface area contributed by atoms with E-state index in [4.69, 9.17) is 4.74 Å². The molecule has 3 aromatic rings.